The number of rotatable bonds is 20. The molecule has 13 nitrogen and oxygen atoms in total. The van der Waals surface area contributed by atoms with Gasteiger partial charge in [-0.15, -0.1) is 18.3 Å². The molecule has 3 aromatic carbocycles. The monoisotopic (exact) mass is 827 g/mol. The molecule has 3 aromatic rings. The van der Waals surface area contributed by atoms with Crippen LogP contribution in [-0.2, 0) is 16.2 Å². The summed E-state index contributed by atoms with van der Waals surface area (Å²) in [4.78, 5) is 28.1. The van der Waals surface area contributed by atoms with Crippen LogP contribution in [0.3, 0.4) is 0 Å². The van der Waals surface area contributed by atoms with Gasteiger partial charge in [0.25, 0.3) is 11.4 Å². The topological polar surface area (TPSA) is 176 Å². The number of nitrogens with zero attached hydrogens (tertiary/aromatic N) is 3. The van der Waals surface area contributed by atoms with Gasteiger partial charge in [-0.1, -0.05) is 49.1 Å². The molecule has 0 bridgehead atoms. The van der Waals surface area contributed by atoms with Crippen LogP contribution in [0.25, 0.3) is 0 Å². The van der Waals surface area contributed by atoms with E-state index < -0.39 is 15.6 Å². The molecule has 0 radical (unpaired) electrons. The number of non-ortho nitro benzene ring substituents is 2. The molecule has 7 rings (SSSR count). The minimum atomic E-state index is -1.10. The van der Waals surface area contributed by atoms with Crippen LogP contribution in [0.5, 0.6) is 17.2 Å². The Morgan fingerprint density at radius 2 is 1.64 bits per heavy atom. The second-order valence-electron chi connectivity index (χ2n) is 15.8. The van der Waals surface area contributed by atoms with E-state index in [2.05, 4.69) is 12.7 Å². The summed E-state index contributed by atoms with van der Waals surface area (Å²) < 4.78 is 20.7. The van der Waals surface area contributed by atoms with E-state index in [1.165, 1.54) is 37.1 Å². The largest absolute Gasteiger partial charge is 0.460 e. The van der Waals surface area contributed by atoms with Gasteiger partial charge in [0.2, 0.25) is 5.79 Å². The molecule has 1 aliphatic heterocycles. The molecule has 59 heavy (non-hydrogen) atoms. The molecule has 2 N–H and O–H groups in total. The lowest BCUT2D eigenvalue weighted by atomic mass is 9.56. The van der Waals surface area contributed by atoms with Gasteiger partial charge < -0.3 is 29.3 Å². The van der Waals surface area contributed by atoms with Crippen molar-refractivity contribution in [3.05, 3.63) is 122 Å². The quantitative estimate of drug-likeness (QED) is 0.0480. The Bertz CT molecular complexity index is 2020. The molecule has 2 fully saturated rings. The summed E-state index contributed by atoms with van der Waals surface area (Å²) in [5.74, 6) is 0.144. The van der Waals surface area contributed by atoms with Crippen LogP contribution < -0.4 is 9.47 Å². The SMILES string of the molecule is C=CCOC12Oc3ccc(Oc4cccc([N+](=O)[O-])c4)cc3C3C(CCCCO)C(CCCCO)C=C(C(=NOCc4ccc([N+](=O)[O-])cc4)CC1SC1CCCC1)C32. The summed E-state index contributed by atoms with van der Waals surface area (Å²) in [6.07, 6.45) is 13.8. The Labute approximate surface area is 348 Å². The average molecular weight is 828 g/mol. The van der Waals surface area contributed by atoms with Crippen molar-refractivity contribution in [1.82, 2.24) is 0 Å². The molecule has 1 heterocycles. The number of nitro groups is 2. The normalized spacial score (nSPS) is 25.4. The number of aliphatic hydroxyl groups excluding tert-OH is 2. The average Bonchev–Trinajstić information content (AvgIpc) is 3.76. The maximum Gasteiger partial charge on any atom is 0.273 e. The Kier molecular flexibility index (Phi) is 14.0. The molecule has 314 valence electrons. The molecule has 0 amide bonds. The highest BCUT2D eigenvalue weighted by Gasteiger charge is 2.64. The van der Waals surface area contributed by atoms with E-state index in [0.29, 0.717) is 41.8 Å². The minimum absolute atomic E-state index is 0.00499. The van der Waals surface area contributed by atoms with Crippen molar-refractivity contribution in [1.29, 1.82) is 0 Å². The van der Waals surface area contributed by atoms with Gasteiger partial charge in [0.1, 0.15) is 23.9 Å². The van der Waals surface area contributed by atoms with Gasteiger partial charge in [0.05, 0.1) is 39.4 Å². The van der Waals surface area contributed by atoms with Crippen LogP contribution in [0.1, 0.15) is 87.7 Å². The van der Waals surface area contributed by atoms with Crippen LogP contribution in [0, 0.1) is 38.0 Å². The highest BCUT2D eigenvalue weighted by molar-refractivity contribution is 8.00. The first-order valence-corrected chi connectivity index (χ1v) is 21.7. The lowest BCUT2D eigenvalue weighted by Crippen LogP contribution is -2.64. The number of unbranched alkanes of at least 4 members (excludes halogenated alkanes) is 2. The van der Waals surface area contributed by atoms with Crippen LogP contribution in [0.15, 0.2) is 96.2 Å². The van der Waals surface area contributed by atoms with E-state index in [1.807, 2.05) is 30.0 Å². The van der Waals surface area contributed by atoms with E-state index in [1.54, 1.807) is 30.3 Å². The molecular formula is C45H53N3O10S. The number of hydrogen-bond acceptors (Lipinski definition) is 12. The number of oxime groups is 1. The second-order valence-corrected chi connectivity index (χ2v) is 17.3. The first kappa shape index (κ1) is 42.4. The molecular weight excluding hydrogens is 775 g/mol. The van der Waals surface area contributed by atoms with Crippen LogP contribution >= 0.6 is 11.8 Å². The number of thioether (sulfide) groups is 1. The van der Waals surface area contributed by atoms with Gasteiger partial charge in [-0.25, -0.2) is 0 Å². The predicted octanol–water partition coefficient (Wildman–Crippen LogP) is 9.80. The molecule has 14 heteroatoms. The van der Waals surface area contributed by atoms with E-state index in [0.717, 1.165) is 60.9 Å². The Morgan fingerprint density at radius 1 is 0.915 bits per heavy atom. The van der Waals surface area contributed by atoms with Crippen molar-refractivity contribution in [2.24, 2.45) is 22.9 Å². The van der Waals surface area contributed by atoms with Gasteiger partial charge in [-0.3, -0.25) is 20.2 Å². The Hall–Kier alpha value is -4.76. The van der Waals surface area contributed by atoms with Crippen molar-refractivity contribution >= 4 is 28.8 Å². The summed E-state index contributed by atoms with van der Waals surface area (Å²) in [6, 6.07) is 18.2. The fraction of sp³-hybridized carbons (Fsp3) is 0.489. The third kappa shape index (κ3) is 9.51. The predicted molar refractivity (Wildman–Crippen MR) is 226 cm³/mol. The smallest absolute Gasteiger partial charge is 0.273 e. The van der Waals surface area contributed by atoms with Crippen molar-refractivity contribution in [2.45, 2.75) is 99.4 Å². The molecule has 0 saturated heterocycles. The van der Waals surface area contributed by atoms with Crippen LogP contribution in [-0.4, -0.2) is 61.9 Å². The number of benzene rings is 3. The van der Waals surface area contributed by atoms with Gasteiger partial charge in [0, 0.05) is 54.6 Å². The first-order valence-electron chi connectivity index (χ1n) is 20.8. The molecule has 0 spiro atoms. The maximum absolute atomic E-state index is 11.6. The van der Waals surface area contributed by atoms with E-state index >= 15 is 0 Å². The fourth-order valence-corrected chi connectivity index (χ4v) is 11.2. The lowest BCUT2D eigenvalue weighted by Gasteiger charge is -2.58. The third-order valence-electron chi connectivity index (χ3n) is 12.1. The number of aliphatic hydroxyl groups is 2. The lowest BCUT2D eigenvalue weighted by molar-refractivity contribution is -0.385. The summed E-state index contributed by atoms with van der Waals surface area (Å²) >= 11 is 1.91. The molecule has 3 aliphatic carbocycles. The summed E-state index contributed by atoms with van der Waals surface area (Å²) in [7, 11) is 0. The zero-order valence-corrected chi connectivity index (χ0v) is 34.0. The van der Waals surface area contributed by atoms with Crippen molar-refractivity contribution < 1.29 is 39.1 Å². The zero-order chi connectivity index (χ0) is 41.4. The number of allylic oxidation sites excluding steroid dienone is 1. The summed E-state index contributed by atoms with van der Waals surface area (Å²) in [5, 5.41) is 47.8. The van der Waals surface area contributed by atoms with E-state index in [4.69, 9.17) is 24.2 Å². The fourth-order valence-electron chi connectivity index (χ4n) is 9.46. The Balaban J connectivity index is 1.36. The van der Waals surface area contributed by atoms with Crippen molar-refractivity contribution in [2.75, 3.05) is 19.8 Å². The van der Waals surface area contributed by atoms with Gasteiger partial charge in [0.15, 0.2) is 0 Å². The van der Waals surface area contributed by atoms with E-state index in [-0.39, 0.29) is 66.7 Å². The number of ether oxygens (including phenoxy) is 3. The number of fused-ring (bicyclic) bond motifs is 2. The zero-order valence-electron chi connectivity index (χ0n) is 33.2. The number of nitro benzene ring substituents is 2. The standard InChI is InChI=1S/C45H53N3O10S/c1-2-24-55-45-42(59-36-13-3-4-14-36)28-40(46-56-29-30-16-18-32(19-17-30)47(51)52)38-25-31(10-5-7-22-49)37(15-6-8-23-50)43(44(38)45)39-27-35(20-21-41(39)58-45)57-34-12-9-11-33(26-34)48(53)54/h2,9,11-12,16-21,25-27,31,36-37,42-44,49-50H,1,3-8,10,13-15,22-24,28-29H2. The van der Waals surface area contributed by atoms with Crippen molar-refractivity contribution in [3.63, 3.8) is 0 Å². The summed E-state index contributed by atoms with van der Waals surface area (Å²) in [6.45, 7) is 4.61. The van der Waals surface area contributed by atoms with Crippen LogP contribution in [0.4, 0.5) is 11.4 Å². The molecule has 0 aromatic heterocycles. The molecule has 2 saturated carbocycles. The molecule has 4 aliphatic rings. The van der Waals surface area contributed by atoms with E-state index in [9.17, 15) is 30.4 Å². The first-order chi connectivity index (χ1) is 28.7. The van der Waals surface area contributed by atoms with Crippen molar-refractivity contribution in [3.8, 4) is 17.2 Å². The number of hydrogen-bond donors (Lipinski definition) is 2. The highest BCUT2D eigenvalue weighted by atomic mass is 32.2. The maximum atomic E-state index is 11.6. The second kappa shape index (κ2) is 19.5. The van der Waals surface area contributed by atoms with Crippen LogP contribution in [0.2, 0.25) is 0 Å². The molecule has 6 unspecified atom stereocenters. The van der Waals surface area contributed by atoms with Gasteiger partial charge in [-0.2, -0.15) is 0 Å². The van der Waals surface area contributed by atoms with Gasteiger partial charge in [-0.05, 0) is 97.9 Å². The molecule has 6 atom stereocenters. The summed E-state index contributed by atoms with van der Waals surface area (Å²) in [5.41, 5.74) is 3.44. The van der Waals surface area contributed by atoms with Gasteiger partial charge >= 0.3 is 0 Å². The minimum Gasteiger partial charge on any atom is -0.460 e. The highest BCUT2D eigenvalue weighted by Crippen LogP contribution is 2.63. The third-order valence-corrected chi connectivity index (χ3v) is 13.8. The Morgan fingerprint density at radius 3 is 2.36 bits per heavy atom.